The molecular weight excluding hydrogens is 318 g/mol. The highest BCUT2D eigenvalue weighted by Gasteiger charge is 2.60. The second-order valence-corrected chi connectivity index (χ2v) is 9.10. The SMILES string of the molecule is CC(C)[C@H]1[C@@H](O)C(=O)C2=C3NC(=O)C4=C3[C@@](C)(CC[C@@H]4O)CC[C@@]21C. The number of aliphatic hydroxyl groups excluding tert-OH is 2. The molecule has 5 heteroatoms. The molecule has 4 aliphatic rings. The maximum Gasteiger partial charge on any atom is 0.254 e. The van der Waals surface area contributed by atoms with E-state index < -0.39 is 17.6 Å². The maximum absolute atomic E-state index is 13.0. The first-order valence-electron chi connectivity index (χ1n) is 9.33. The molecule has 3 aliphatic carbocycles. The summed E-state index contributed by atoms with van der Waals surface area (Å²) in [7, 11) is 0. The Morgan fingerprint density at radius 3 is 2.40 bits per heavy atom. The molecule has 1 amide bonds. The van der Waals surface area contributed by atoms with Gasteiger partial charge in [0, 0.05) is 16.9 Å². The first-order valence-corrected chi connectivity index (χ1v) is 9.33. The lowest BCUT2D eigenvalue weighted by molar-refractivity contribution is -0.123. The van der Waals surface area contributed by atoms with Crippen LogP contribution in [-0.2, 0) is 9.59 Å². The number of carbonyl (C=O) groups is 2. The van der Waals surface area contributed by atoms with Crippen molar-refractivity contribution >= 4 is 11.7 Å². The summed E-state index contributed by atoms with van der Waals surface area (Å²) in [6.45, 7) is 8.30. The van der Waals surface area contributed by atoms with E-state index in [2.05, 4.69) is 19.2 Å². The Balaban J connectivity index is 2.02. The van der Waals surface area contributed by atoms with Crippen LogP contribution in [0.15, 0.2) is 22.4 Å². The van der Waals surface area contributed by atoms with Gasteiger partial charge in [0.1, 0.15) is 6.10 Å². The molecule has 0 aromatic rings. The van der Waals surface area contributed by atoms with Crippen LogP contribution < -0.4 is 5.32 Å². The third kappa shape index (κ3) is 1.97. The first kappa shape index (κ1) is 17.0. The number of nitrogens with one attached hydrogen (secondary N) is 1. The van der Waals surface area contributed by atoms with Crippen LogP contribution in [0.2, 0.25) is 0 Å². The van der Waals surface area contributed by atoms with Crippen LogP contribution in [-0.4, -0.2) is 34.1 Å². The van der Waals surface area contributed by atoms with Gasteiger partial charge in [-0.3, -0.25) is 9.59 Å². The lowest BCUT2D eigenvalue weighted by Gasteiger charge is -2.39. The maximum atomic E-state index is 13.0. The number of amides is 1. The predicted octanol–water partition coefficient (Wildman–Crippen LogP) is 1.84. The number of hydrogen-bond donors (Lipinski definition) is 3. The fourth-order valence-corrected chi connectivity index (χ4v) is 6.04. The summed E-state index contributed by atoms with van der Waals surface area (Å²) in [5.41, 5.74) is 1.77. The third-order valence-corrected chi connectivity index (χ3v) is 7.24. The Morgan fingerprint density at radius 1 is 1.08 bits per heavy atom. The van der Waals surface area contributed by atoms with Crippen LogP contribution in [0.1, 0.15) is 53.4 Å². The molecule has 0 bridgehead atoms. The molecule has 0 aromatic carbocycles. The second kappa shape index (κ2) is 5.04. The number of rotatable bonds is 1. The van der Waals surface area contributed by atoms with Crippen LogP contribution in [0.25, 0.3) is 0 Å². The minimum absolute atomic E-state index is 0.155. The predicted molar refractivity (Wildman–Crippen MR) is 92.2 cm³/mol. The van der Waals surface area contributed by atoms with Crippen LogP contribution >= 0.6 is 0 Å². The fourth-order valence-electron chi connectivity index (χ4n) is 6.04. The van der Waals surface area contributed by atoms with Gasteiger partial charge in [-0.15, -0.1) is 0 Å². The molecule has 0 spiro atoms. The Bertz CT molecular complexity index is 749. The molecule has 1 aliphatic heterocycles. The van der Waals surface area contributed by atoms with Crippen molar-refractivity contribution in [2.24, 2.45) is 22.7 Å². The van der Waals surface area contributed by atoms with Crippen molar-refractivity contribution in [2.45, 2.75) is 65.6 Å². The molecule has 1 fully saturated rings. The molecule has 5 atom stereocenters. The highest BCUT2D eigenvalue weighted by atomic mass is 16.3. The molecule has 5 nitrogen and oxygen atoms in total. The van der Waals surface area contributed by atoms with Crippen molar-refractivity contribution in [3.63, 3.8) is 0 Å². The van der Waals surface area contributed by atoms with E-state index in [-0.39, 0.29) is 28.9 Å². The largest absolute Gasteiger partial charge is 0.388 e. The van der Waals surface area contributed by atoms with Gasteiger partial charge < -0.3 is 15.5 Å². The monoisotopic (exact) mass is 345 g/mol. The number of allylic oxidation sites excluding steroid dienone is 1. The number of fused-ring (bicyclic) bond motifs is 1. The van der Waals surface area contributed by atoms with Gasteiger partial charge in [-0.1, -0.05) is 27.7 Å². The summed E-state index contributed by atoms with van der Waals surface area (Å²) in [6, 6.07) is 0. The molecule has 0 saturated heterocycles. The normalized spacial score (nSPS) is 43.4. The summed E-state index contributed by atoms with van der Waals surface area (Å²) in [4.78, 5) is 25.6. The zero-order valence-corrected chi connectivity index (χ0v) is 15.3. The Morgan fingerprint density at radius 2 is 1.76 bits per heavy atom. The highest BCUT2D eigenvalue weighted by Crippen LogP contribution is 2.61. The van der Waals surface area contributed by atoms with Gasteiger partial charge in [-0.2, -0.15) is 0 Å². The van der Waals surface area contributed by atoms with Gasteiger partial charge in [0.05, 0.1) is 17.4 Å². The summed E-state index contributed by atoms with van der Waals surface area (Å²) in [5, 5.41) is 24.0. The van der Waals surface area contributed by atoms with Crippen molar-refractivity contribution in [3.05, 3.63) is 22.4 Å². The summed E-state index contributed by atoms with van der Waals surface area (Å²) in [6.07, 6.45) is 1.24. The van der Waals surface area contributed by atoms with Gasteiger partial charge in [-0.05, 0) is 42.6 Å². The van der Waals surface area contributed by atoms with E-state index in [9.17, 15) is 19.8 Å². The minimum Gasteiger partial charge on any atom is -0.388 e. The average Bonchev–Trinajstić information content (AvgIpc) is 2.93. The molecule has 3 N–H and O–H groups in total. The van der Waals surface area contributed by atoms with Crippen molar-refractivity contribution in [1.82, 2.24) is 5.32 Å². The fraction of sp³-hybridized carbons (Fsp3) is 0.700. The quantitative estimate of drug-likeness (QED) is 0.677. The Labute approximate surface area is 148 Å². The van der Waals surface area contributed by atoms with Crippen LogP contribution in [0.5, 0.6) is 0 Å². The summed E-state index contributed by atoms with van der Waals surface area (Å²) >= 11 is 0. The summed E-state index contributed by atoms with van der Waals surface area (Å²) in [5.74, 6) is -0.533. The smallest absolute Gasteiger partial charge is 0.254 e. The van der Waals surface area contributed by atoms with E-state index in [1.807, 2.05) is 13.8 Å². The number of ketones is 1. The third-order valence-electron chi connectivity index (χ3n) is 7.24. The van der Waals surface area contributed by atoms with Crippen molar-refractivity contribution in [2.75, 3.05) is 0 Å². The Hall–Kier alpha value is -1.46. The van der Waals surface area contributed by atoms with Crippen LogP contribution in [0, 0.1) is 22.7 Å². The average molecular weight is 345 g/mol. The molecule has 1 heterocycles. The number of Topliss-reactive ketones (excluding diaryl/α,β-unsaturated/α-hetero) is 1. The van der Waals surface area contributed by atoms with Crippen molar-refractivity contribution in [1.29, 1.82) is 0 Å². The van der Waals surface area contributed by atoms with Gasteiger partial charge in [-0.25, -0.2) is 0 Å². The van der Waals surface area contributed by atoms with Gasteiger partial charge >= 0.3 is 0 Å². The second-order valence-electron chi connectivity index (χ2n) is 9.10. The van der Waals surface area contributed by atoms with Gasteiger partial charge in [0.15, 0.2) is 5.78 Å². The van der Waals surface area contributed by atoms with Crippen LogP contribution in [0.3, 0.4) is 0 Å². The van der Waals surface area contributed by atoms with E-state index in [0.29, 0.717) is 23.3 Å². The van der Waals surface area contributed by atoms with E-state index in [0.717, 1.165) is 24.8 Å². The zero-order chi connectivity index (χ0) is 18.3. The van der Waals surface area contributed by atoms with E-state index in [1.54, 1.807) is 0 Å². The number of aliphatic hydroxyl groups is 2. The molecule has 25 heavy (non-hydrogen) atoms. The molecule has 136 valence electrons. The van der Waals surface area contributed by atoms with Crippen LogP contribution in [0.4, 0.5) is 0 Å². The van der Waals surface area contributed by atoms with Gasteiger partial charge in [0.2, 0.25) is 0 Å². The number of carbonyl (C=O) groups excluding carboxylic acids is 2. The van der Waals surface area contributed by atoms with Gasteiger partial charge in [0.25, 0.3) is 5.91 Å². The molecule has 0 aromatic heterocycles. The first-order chi connectivity index (χ1) is 11.6. The molecule has 1 saturated carbocycles. The van der Waals surface area contributed by atoms with E-state index in [4.69, 9.17) is 0 Å². The van der Waals surface area contributed by atoms with E-state index >= 15 is 0 Å². The lowest BCUT2D eigenvalue weighted by atomic mass is 9.65. The van der Waals surface area contributed by atoms with E-state index in [1.165, 1.54) is 0 Å². The molecule has 0 radical (unpaired) electrons. The molecular formula is C20H27NO4. The zero-order valence-electron chi connectivity index (χ0n) is 15.3. The highest BCUT2D eigenvalue weighted by molar-refractivity contribution is 6.09. The lowest BCUT2D eigenvalue weighted by Crippen LogP contribution is -2.35. The number of hydrogen-bond acceptors (Lipinski definition) is 4. The summed E-state index contributed by atoms with van der Waals surface area (Å²) < 4.78 is 0. The molecule has 4 rings (SSSR count). The Kier molecular flexibility index (Phi) is 3.42. The molecule has 0 unspecified atom stereocenters. The van der Waals surface area contributed by atoms with Crippen molar-refractivity contribution in [3.8, 4) is 0 Å². The van der Waals surface area contributed by atoms with Crippen molar-refractivity contribution < 1.29 is 19.8 Å². The minimum atomic E-state index is -1.02. The standard InChI is InChI=1S/C20H27NO4/c1-9(2)12-16(23)17(24)14-15-13-11(18(25)21-15)10(22)5-6-19(13,3)7-8-20(12,14)4/h9-10,12,16,22-23H,5-8H2,1-4H3,(H,21,25)/t10-,12-,16+,19-,20+/m0/s1. The topological polar surface area (TPSA) is 86.6 Å².